The predicted molar refractivity (Wildman–Crippen MR) is 87.5 cm³/mol. The van der Waals surface area contributed by atoms with Crippen LogP contribution >= 0.6 is 0 Å². The summed E-state index contributed by atoms with van der Waals surface area (Å²) in [6.07, 6.45) is 3.85. The molecule has 0 atom stereocenters. The van der Waals surface area contributed by atoms with Crippen molar-refractivity contribution in [2.75, 3.05) is 0 Å². The van der Waals surface area contributed by atoms with E-state index in [1.54, 1.807) is 17.1 Å². The monoisotopic (exact) mass is 331 g/mol. The third-order valence-electron chi connectivity index (χ3n) is 3.93. The first kappa shape index (κ1) is 16.1. The highest BCUT2D eigenvalue weighted by molar-refractivity contribution is 5.35. The maximum absolute atomic E-state index is 12.2. The third kappa shape index (κ3) is 2.86. The van der Waals surface area contributed by atoms with Crippen LogP contribution in [-0.2, 0) is 13.0 Å². The van der Waals surface area contributed by atoms with Crippen molar-refractivity contribution in [3.05, 3.63) is 45.6 Å². The summed E-state index contributed by atoms with van der Waals surface area (Å²) < 4.78 is 8.06. The molecular formula is C16H21N5O3. The van der Waals surface area contributed by atoms with Gasteiger partial charge in [-0.25, -0.2) is 9.36 Å². The van der Waals surface area contributed by atoms with E-state index in [0.717, 1.165) is 17.0 Å². The summed E-state index contributed by atoms with van der Waals surface area (Å²) in [7, 11) is 0. The molecule has 3 aromatic heterocycles. The van der Waals surface area contributed by atoms with Gasteiger partial charge in [-0.3, -0.25) is 4.68 Å². The second kappa shape index (κ2) is 6.03. The van der Waals surface area contributed by atoms with Crippen molar-refractivity contribution >= 4 is 0 Å². The van der Waals surface area contributed by atoms with Gasteiger partial charge in [-0.15, -0.1) is 0 Å². The molecule has 0 aliphatic heterocycles. The van der Waals surface area contributed by atoms with Crippen LogP contribution in [0.4, 0.5) is 0 Å². The van der Waals surface area contributed by atoms with Gasteiger partial charge in [0.25, 0.3) is 0 Å². The summed E-state index contributed by atoms with van der Waals surface area (Å²) in [6, 6.07) is 0. The fraction of sp³-hybridized carbons (Fsp3) is 0.438. The van der Waals surface area contributed by atoms with Crippen LogP contribution in [0.2, 0.25) is 0 Å². The smallest absolute Gasteiger partial charge is 0.333 e. The standard InChI is InChI=1S/C16H21N5O3/c1-9(2)5-14-15(22)21(16(23)18-14)12-6-17-20(7-12)8-13-10(3)19-24-11(13)4/h6-7,9,22H,5,8H2,1-4H3,(H,18,23). The topological polar surface area (TPSA) is 102 Å². The highest BCUT2D eigenvalue weighted by Gasteiger charge is 2.17. The SMILES string of the molecule is Cc1noc(C)c1Cn1cc(-n2c(O)c(CC(C)C)[nH]c2=O)cn1. The number of nitrogens with one attached hydrogen (secondary N) is 1. The summed E-state index contributed by atoms with van der Waals surface area (Å²) >= 11 is 0. The van der Waals surface area contributed by atoms with Gasteiger partial charge in [0.15, 0.2) is 0 Å². The van der Waals surface area contributed by atoms with Gasteiger partial charge in [0.2, 0.25) is 5.88 Å². The Balaban J connectivity index is 1.91. The predicted octanol–water partition coefficient (Wildman–Crippen LogP) is 1.92. The summed E-state index contributed by atoms with van der Waals surface area (Å²) in [5, 5.41) is 18.5. The number of aromatic hydroxyl groups is 1. The van der Waals surface area contributed by atoms with Crippen molar-refractivity contribution in [2.24, 2.45) is 5.92 Å². The molecule has 0 unspecified atom stereocenters. The van der Waals surface area contributed by atoms with E-state index in [1.807, 2.05) is 27.7 Å². The van der Waals surface area contributed by atoms with Crippen LogP contribution in [0.15, 0.2) is 21.7 Å². The lowest BCUT2D eigenvalue weighted by Gasteiger charge is -2.03. The Kier molecular flexibility index (Phi) is 4.04. The molecule has 0 amide bonds. The minimum atomic E-state index is -0.375. The average molecular weight is 331 g/mol. The number of aryl methyl sites for hydroxylation is 2. The quantitative estimate of drug-likeness (QED) is 0.743. The van der Waals surface area contributed by atoms with E-state index >= 15 is 0 Å². The minimum Gasteiger partial charge on any atom is -0.493 e. The molecule has 0 saturated heterocycles. The van der Waals surface area contributed by atoms with Crippen LogP contribution in [0, 0.1) is 19.8 Å². The second-order valence-electron chi connectivity index (χ2n) is 6.36. The van der Waals surface area contributed by atoms with Crippen LogP contribution in [-0.4, -0.2) is 29.6 Å². The molecule has 0 aromatic carbocycles. The normalized spacial score (nSPS) is 11.5. The van der Waals surface area contributed by atoms with Gasteiger partial charge in [0.05, 0.1) is 29.8 Å². The molecule has 0 bridgehead atoms. The molecule has 0 saturated carbocycles. The van der Waals surface area contributed by atoms with Crippen LogP contribution in [0.25, 0.3) is 5.69 Å². The van der Waals surface area contributed by atoms with Crippen molar-refractivity contribution in [3.63, 3.8) is 0 Å². The first-order valence-corrected chi connectivity index (χ1v) is 7.84. The van der Waals surface area contributed by atoms with Crippen LogP contribution in [0.1, 0.15) is 36.6 Å². The summed E-state index contributed by atoms with van der Waals surface area (Å²) in [5.74, 6) is 1.00. The Morgan fingerprint density at radius 3 is 2.75 bits per heavy atom. The fourth-order valence-electron chi connectivity index (χ4n) is 2.71. The minimum absolute atomic E-state index is 0.0643. The van der Waals surface area contributed by atoms with Crippen molar-refractivity contribution in [3.8, 4) is 11.6 Å². The molecule has 0 fully saturated rings. The van der Waals surface area contributed by atoms with Crippen LogP contribution < -0.4 is 5.69 Å². The molecule has 3 rings (SSSR count). The number of H-pyrrole nitrogens is 1. The van der Waals surface area contributed by atoms with Gasteiger partial charge in [-0.2, -0.15) is 5.10 Å². The van der Waals surface area contributed by atoms with E-state index in [9.17, 15) is 9.90 Å². The fourth-order valence-corrected chi connectivity index (χ4v) is 2.71. The van der Waals surface area contributed by atoms with Crippen molar-refractivity contribution in [2.45, 2.75) is 40.7 Å². The van der Waals surface area contributed by atoms with Gasteiger partial charge in [0, 0.05) is 11.8 Å². The molecule has 8 heteroatoms. The number of hydrogen-bond acceptors (Lipinski definition) is 5. The zero-order chi connectivity index (χ0) is 17.4. The largest absolute Gasteiger partial charge is 0.493 e. The Labute approximate surface area is 138 Å². The Morgan fingerprint density at radius 1 is 1.38 bits per heavy atom. The van der Waals surface area contributed by atoms with Crippen molar-refractivity contribution in [1.82, 2.24) is 24.5 Å². The van der Waals surface area contributed by atoms with Gasteiger partial charge in [-0.1, -0.05) is 19.0 Å². The van der Waals surface area contributed by atoms with Gasteiger partial charge in [-0.05, 0) is 26.2 Å². The zero-order valence-electron chi connectivity index (χ0n) is 14.2. The van der Waals surface area contributed by atoms with Gasteiger partial charge >= 0.3 is 5.69 Å². The number of imidazole rings is 1. The Bertz CT molecular complexity index is 893. The summed E-state index contributed by atoms with van der Waals surface area (Å²) in [4.78, 5) is 14.9. The van der Waals surface area contributed by atoms with E-state index in [-0.39, 0.29) is 11.6 Å². The highest BCUT2D eigenvalue weighted by atomic mass is 16.5. The average Bonchev–Trinajstić information content (AvgIpc) is 3.15. The maximum atomic E-state index is 12.2. The molecule has 0 radical (unpaired) electrons. The van der Waals surface area contributed by atoms with E-state index in [0.29, 0.717) is 30.3 Å². The molecule has 0 spiro atoms. The second-order valence-corrected chi connectivity index (χ2v) is 6.36. The lowest BCUT2D eigenvalue weighted by atomic mass is 10.1. The Hall–Kier alpha value is -2.77. The molecule has 2 N–H and O–H groups in total. The Morgan fingerprint density at radius 2 is 2.12 bits per heavy atom. The number of nitrogens with zero attached hydrogens (tertiary/aromatic N) is 4. The summed E-state index contributed by atoms with van der Waals surface area (Å²) in [6.45, 7) is 8.25. The lowest BCUT2D eigenvalue weighted by molar-refractivity contribution is 0.391. The molecular weight excluding hydrogens is 310 g/mol. The molecule has 0 aliphatic rings. The molecule has 8 nitrogen and oxygen atoms in total. The molecule has 3 aromatic rings. The van der Waals surface area contributed by atoms with Crippen molar-refractivity contribution < 1.29 is 9.63 Å². The molecule has 3 heterocycles. The molecule has 0 aliphatic carbocycles. The maximum Gasteiger partial charge on any atom is 0.333 e. The highest BCUT2D eigenvalue weighted by Crippen LogP contribution is 2.21. The lowest BCUT2D eigenvalue weighted by Crippen LogP contribution is -2.14. The van der Waals surface area contributed by atoms with Gasteiger partial charge < -0.3 is 14.6 Å². The summed E-state index contributed by atoms with van der Waals surface area (Å²) in [5.41, 5.74) is 2.44. The van der Waals surface area contributed by atoms with E-state index in [4.69, 9.17) is 4.52 Å². The molecule has 24 heavy (non-hydrogen) atoms. The van der Waals surface area contributed by atoms with Crippen molar-refractivity contribution in [1.29, 1.82) is 0 Å². The van der Waals surface area contributed by atoms with E-state index < -0.39 is 0 Å². The number of hydrogen-bond donors (Lipinski definition) is 2. The zero-order valence-corrected chi connectivity index (χ0v) is 14.2. The number of rotatable bonds is 5. The third-order valence-corrected chi connectivity index (χ3v) is 3.93. The van der Waals surface area contributed by atoms with Crippen LogP contribution in [0.5, 0.6) is 5.88 Å². The number of aromatic nitrogens is 5. The van der Waals surface area contributed by atoms with E-state index in [2.05, 4.69) is 15.2 Å². The molecule has 128 valence electrons. The first-order valence-electron chi connectivity index (χ1n) is 7.84. The first-order chi connectivity index (χ1) is 11.4. The van der Waals surface area contributed by atoms with Crippen LogP contribution in [0.3, 0.4) is 0 Å². The van der Waals surface area contributed by atoms with E-state index in [1.165, 1.54) is 4.57 Å². The van der Waals surface area contributed by atoms with Gasteiger partial charge in [0.1, 0.15) is 5.76 Å². The number of aromatic amines is 1.